The van der Waals surface area contributed by atoms with Crippen LogP contribution in [0.3, 0.4) is 0 Å². The predicted molar refractivity (Wildman–Crippen MR) is 90.2 cm³/mol. The van der Waals surface area contributed by atoms with Crippen LogP contribution in [-0.2, 0) is 18.5 Å². The van der Waals surface area contributed by atoms with Gasteiger partial charge in [0.25, 0.3) is 0 Å². The van der Waals surface area contributed by atoms with E-state index in [0.717, 1.165) is 24.0 Å². The Kier molecular flexibility index (Phi) is 4.49. The Morgan fingerprint density at radius 2 is 1.43 bits per heavy atom. The zero-order valence-electron chi connectivity index (χ0n) is 13.7. The smallest absolute Gasteiger partial charge is 0.192 e. The second kappa shape index (κ2) is 6.40. The molecule has 3 heteroatoms. The van der Waals surface area contributed by atoms with Gasteiger partial charge in [-0.1, -0.05) is 48.5 Å². The van der Waals surface area contributed by atoms with Crippen molar-refractivity contribution in [3.05, 3.63) is 70.8 Å². The molecule has 2 aromatic rings. The van der Waals surface area contributed by atoms with Gasteiger partial charge < -0.3 is 4.90 Å². The van der Waals surface area contributed by atoms with E-state index in [-0.39, 0.29) is 6.42 Å². The van der Waals surface area contributed by atoms with Crippen molar-refractivity contribution < 1.29 is 8.78 Å². The third-order valence-corrected chi connectivity index (χ3v) is 4.74. The molecule has 0 aromatic heterocycles. The molecule has 1 unspecified atom stereocenters. The van der Waals surface area contributed by atoms with Crippen molar-refractivity contribution in [2.24, 2.45) is 0 Å². The van der Waals surface area contributed by atoms with Crippen LogP contribution in [-0.4, -0.2) is 31.7 Å². The van der Waals surface area contributed by atoms with E-state index < -0.39 is 11.8 Å². The van der Waals surface area contributed by atoms with E-state index in [0.29, 0.717) is 17.7 Å². The van der Waals surface area contributed by atoms with Crippen LogP contribution in [0.2, 0.25) is 0 Å². The third kappa shape index (κ3) is 2.90. The van der Waals surface area contributed by atoms with E-state index >= 15 is 8.78 Å². The predicted octanol–water partition coefficient (Wildman–Crippen LogP) is 4.29. The summed E-state index contributed by atoms with van der Waals surface area (Å²) in [5.74, 6) is 0. The summed E-state index contributed by atoms with van der Waals surface area (Å²) in [6, 6.07) is 14.8. The van der Waals surface area contributed by atoms with Gasteiger partial charge in [0.05, 0.1) is 0 Å². The lowest BCUT2D eigenvalue weighted by molar-refractivity contribution is 0.0733. The summed E-state index contributed by atoms with van der Waals surface area (Å²) in [6.07, 6.45) is 0.107. The highest BCUT2D eigenvalue weighted by molar-refractivity contribution is 5.48. The average Bonchev–Trinajstić information content (AvgIpc) is 2.69. The van der Waals surface area contributed by atoms with Gasteiger partial charge in [-0.2, -0.15) is 0 Å². The first kappa shape index (κ1) is 16.1. The number of benzene rings is 2. The number of nitrogens with zero attached hydrogens (tertiary/aromatic N) is 1. The first-order valence-corrected chi connectivity index (χ1v) is 8.18. The molecule has 0 spiro atoms. The number of hydrogen-bond acceptors (Lipinski definition) is 1. The van der Waals surface area contributed by atoms with Crippen molar-refractivity contribution >= 4 is 0 Å². The van der Waals surface area contributed by atoms with Gasteiger partial charge in [0, 0.05) is 6.54 Å². The van der Waals surface area contributed by atoms with Gasteiger partial charge in [-0.05, 0) is 55.6 Å². The molecule has 1 nitrogen and oxygen atoms in total. The molecule has 0 fully saturated rings. The van der Waals surface area contributed by atoms with Gasteiger partial charge in [-0.3, -0.25) is 0 Å². The largest absolute Gasteiger partial charge is 0.309 e. The van der Waals surface area contributed by atoms with Crippen LogP contribution < -0.4 is 0 Å². The standard InChI is InChI=1S/C20H23F2N/c1-23(2)14-13-19(21)20(22)17-9-5-3-7-15(17)11-12-16-8-4-6-10-18(16)20/h3-10,19H,11-14H2,1-2H3. The summed E-state index contributed by atoms with van der Waals surface area (Å²) in [5, 5.41) is 0. The lowest BCUT2D eigenvalue weighted by atomic mass is 9.80. The van der Waals surface area contributed by atoms with Gasteiger partial charge >= 0.3 is 0 Å². The molecule has 0 saturated heterocycles. The van der Waals surface area contributed by atoms with Gasteiger partial charge in [0.2, 0.25) is 0 Å². The van der Waals surface area contributed by atoms with Gasteiger partial charge in [0.15, 0.2) is 5.67 Å². The molecule has 0 aliphatic heterocycles. The molecule has 2 aromatic carbocycles. The minimum absolute atomic E-state index is 0.173. The Morgan fingerprint density at radius 3 is 1.91 bits per heavy atom. The van der Waals surface area contributed by atoms with E-state index in [2.05, 4.69) is 0 Å². The molecule has 23 heavy (non-hydrogen) atoms. The number of halogens is 2. The highest BCUT2D eigenvalue weighted by atomic mass is 19.2. The molecule has 1 aliphatic rings. The molecule has 1 aliphatic carbocycles. The maximum absolute atomic E-state index is 16.3. The summed E-state index contributed by atoms with van der Waals surface area (Å²) in [6.45, 7) is 0.525. The molecule has 0 saturated carbocycles. The molecule has 1 atom stereocenters. The Labute approximate surface area is 136 Å². The molecule has 3 rings (SSSR count). The molecule has 0 bridgehead atoms. The van der Waals surface area contributed by atoms with Crippen LogP contribution in [0.5, 0.6) is 0 Å². The second-order valence-electron chi connectivity index (χ2n) is 6.59. The third-order valence-electron chi connectivity index (χ3n) is 4.74. The Morgan fingerprint density at radius 1 is 0.957 bits per heavy atom. The first-order chi connectivity index (χ1) is 11.0. The van der Waals surface area contributed by atoms with Crippen LogP contribution in [0.15, 0.2) is 48.5 Å². The summed E-state index contributed by atoms with van der Waals surface area (Å²) in [5.41, 5.74) is 0.754. The van der Waals surface area contributed by atoms with Gasteiger partial charge in [-0.15, -0.1) is 0 Å². The number of fused-ring (bicyclic) bond motifs is 2. The maximum Gasteiger partial charge on any atom is 0.192 e. The lowest BCUT2D eigenvalue weighted by Gasteiger charge is -2.32. The lowest BCUT2D eigenvalue weighted by Crippen LogP contribution is -2.36. The number of alkyl halides is 2. The zero-order chi connectivity index (χ0) is 16.4. The number of aryl methyl sites for hydroxylation is 2. The van der Waals surface area contributed by atoms with Crippen LogP contribution in [0.4, 0.5) is 8.78 Å². The molecule has 0 amide bonds. The van der Waals surface area contributed by atoms with Crippen LogP contribution in [0, 0.1) is 0 Å². The minimum Gasteiger partial charge on any atom is -0.309 e. The summed E-state index contributed by atoms with van der Waals surface area (Å²) in [4.78, 5) is 1.89. The van der Waals surface area contributed by atoms with Crippen LogP contribution in [0.25, 0.3) is 0 Å². The number of rotatable bonds is 4. The second-order valence-corrected chi connectivity index (χ2v) is 6.59. The Balaban J connectivity index is 2.12. The number of hydrogen-bond donors (Lipinski definition) is 0. The molecule has 0 radical (unpaired) electrons. The SMILES string of the molecule is CN(C)CCC(F)C1(F)c2ccccc2CCc2ccccc21. The molecule has 0 heterocycles. The average molecular weight is 315 g/mol. The first-order valence-electron chi connectivity index (χ1n) is 8.18. The fourth-order valence-electron chi connectivity index (χ4n) is 3.51. The van der Waals surface area contributed by atoms with E-state index in [1.54, 1.807) is 24.3 Å². The molecule has 0 N–H and O–H groups in total. The van der Waals surface area contributed by atoms with E-state index in [1.807, 2.05) is 43.3 Å². The summed E-state index contributed by atoms with van der Waals surface area (Å²) >= 11 is 0. The quantitative estimate of drug-likeness (QED) is 0.813. The molecular weight excluding hydrogens is 292 g/mol. The normalized spacial score (nSPS) is 17.3. The van der Waals surface area contributed by atoms with Crippen molar-refractivity contribution in [3.63, 3.8) is 0 Å². The van der Waals surface area contributed by atoms with Crippen LogP contribution in [0.1, 0.15) is 28.7 Å². The van der Waals surface area contributed by atoms with Gasteiger partial charge in [0.1, 0.15) is 6.17 Å². The van der Waals surface area contributed by atoms with Crippen molar-refractivity contribution in [2.45, 2.75) is 31.1 Å². The fraction of sp³-hybridized carbons (Fsp3) is 0.400. The van der Waals surface area contributed by atoms with Gasteiger partial charge in [-0.25, -0.2) is 8.78 Å². The topological polar surface area (TPSA) is 3.24 Å². The van der Waals surface area contributed by atoms with E-state index in [9.17, 15) is 0 Å². The monoisotopic (exact) mass is 315 g/mol. The zero-order valence-corrected chi connectivity index (χ0v) is 13.7. The summed E-state index contributed by atoms with van der Waals surface area (Å²) < 4.78 is 31.4. The highest BCUT2D eigenvalue weighted by Gasteiger charge is 2.46. The molecule has 122 valence electrons. The highest BCUT2D eigenvalue weighted by Crippen LogP contribution is 2.45. The molecular formula is C20H23F2N. The van der Waals surface area contributed by atoms with E-state index in [4.69, 9.17) is 0 Å². The van der Waals surface area contributed by atoms with Crippen molar-refractivity contribution in [1.29, 1.82) is 0 Å². The van der Waals surface area contributed by atoms with Crippen molar-refractivity contribution in [2.75, 3.05) is 20.6 Å². The fourth-order valence-corrected chi connectivity index (χ4v) is 3.51. The van der Waals surface area contributed by atoms with Crippen molar-refractivity contribution in [3.8, 4) is 0 Å². The van der Waals surface area contributed by atoms with Crippen LogP contribution >= 0.6 is 0 Å². The summed E-state index contributed by atoms with van der Waals surface area (Å²) in [7, 11) is 3.76. The Bertz CT molecular complexity index is 633. The van der Waals surface area contributed by atoms with E-state index in [1.165, 1.54) is 0 Å². The van der Waals surface area contributed by atoms with Crippen molar-refractivity contribution in [1.82, 2.24) is 4.90 Å². The minimum atomic E-state index is -2.07. The Hall–Kier alpha value is -1.74. The maximum atomic E-state index is 16.3.